The molecular weight excluding hydrogens is 390 g/mol. The fourth-order valence-electron chi connectivity index (χ4n) is 6.00. The van der Waals surface area contributed by atoms with Crippen LogP contribution < -0.4 is 0 Å². The highest BCUT2D eigenvalue weighted by Gasteiger charge is 2.24. The Labute approximate surface area is 187 Å². The van der Waals surface area contributed by atoms with Crippen molar-refractivity contribution < 1.29 is 4.42 Å². The third-order valence-electron chi connectivity index (χ3n) is 7.42. The van der Waals surface area contributed by atoms with E-state index >= 15 is 0 Å². The third kappa shape index (κ3) is 2.69. The molecule has 2 aromatic heterocycles. The van der Waals surface area contributed by atoms with E-state index in [9.17, 15) is 0 Å². The van der Waals surface area contributed by atoms with Gasteiger partial charge < -0.3 is 4.42 Å². The lowest BCUT2D eigenvalue weighted by atomic mass is 9.94. The van der Waals surface area contributed by atoms with Gasteiger partial charge in [0.05, 0.1) is 5.69 Å². The SMILES string of the molecule is Cc1cc(C2=Cc3cc(CC4CCCC4)cc4ccnc2c34)c2oc3ccccc3c2c1. The van der Waals surface area contributed by atoms with Crippen molar-refractivity contribution in [3.05, 3.63) is 88.7 Å². The van der Waals surface area contributed by atoms with E-state index in [0.29, 0.717) is 0 Å². The lowest BCUT2D eigenvalue weighted by molar-refractivity contribution is 0.547. The van der Waals surface area contributed by atoms with Crippen LogP contribution in [0.5, 0.6) is 0 Å². The average molecular weight is 416 g/mol. The van der Waals surface area contributed by atoms with Gasteiger partial charge in [0.15, 0.2) is 0 Å². The van der Waals surface area contributed by atoms with Crippen molar-refractivity contribution in [1.29, 1.82) is 0 Å². The molecule has 32 heavy (non-hydrogen) atoms. The number of hydrogen-bond donors (Lipinski definition) is 0. The highest BCUT2D eigenvalue weighted by atomic mass is 16.3. The number of aromatic nitrogens is 1. The van der Waals surface area contributed by atoms with Gasteiger partial charge in [0.1, 0.15) is 11.2 Å². The average Bonchev–Trinajstić information content (AvgIpc) is 3.52. The van der Waals surface area contributed by atoms with Gasteiger partial charge in [0, 0.05) is 33.5 Å². The maximum atomic E-state index is 6.39. The zero-order chi connectivity index (χ0) is 21.2. The Bertz CT molecular complexity index is 1560. The number of rotatable bonds is 3. The molecule has 0 bridgehead atoms. The molecule has 0 amide bonds. The maximum Gasteiger partial charge on any atom is 0.143 e. The number of para-hydroxylation sites is 1. The monoisotopic (exact) mass is 415 g/mol. The Kier molecular flexibility index (Phi) is 3.87. The van der Waals surface area contributed by atoms with E-state index in [1.807, 2.05) is 12.3 Å². The number of hydrogen-bond acceptors (Lipinski definition) is 2. The lowest BCUT2D eigenvalue weighted by Crippen LogP contribution is -1.99. The molecule has 7 rings (SSSR count). The van der Waals surface area contributed by atoms with Crippen molar-refractivity contribution in [2.24, 2.45) is 5.92 Å². The molecular formula is C30H25NO. The summed E-state index contributed by atoms with van der Waals surface area (Å²) in [5.41, 5.74) is 9.31. The van der Waals surface area contributed by atoms with Gasteiger partial charge in [-0.25, -0.2) is 0 Å². The minimum atomic E-state index is 0.845. The van der Waals surface area contributed by atoms with Crippen LogP contribution in [0.25, 0.3) is 44.4 Å². The summed E-state index contributed by atoms with van der Waals surface area (Å²) >= 11 is 0. The van der Waals surface area contributed by atoms with Crippen LogP contribution in [0.3, 0.4) is 0 Å². The van der Waals surface area contributed by atoms with Gasteiger partial charge in [-0.15, -0.1) is 0 Å². The van der Waals surface area contributed by atoms with E-state index in [2.05, 4.69) is 61.5 Å². The van der Waals surface area contributed by atoms with Crippen LogP contribution in [0.1, 0.15) is 53.6 Å². The van der Waals surface area contributed by atoms with Crippen molar-refractivity contribution in [3.63, 3.8) is 0 Å². The van der Waals surface area contributed by atoms with Crippen molar-refractivity contribution in [2.45, 2.75) is 39.0 Å². The van der Waals surface area contributed by atoms with E-state index in [0.717, 1.165) is 28.3 Å². The van der Waals surface area contributed by atoms with Crippen molar-refractivity contribution >= 4 is 44.4 Å². The van der Waals surface area contributed by atoms with E-state index in [1.165, 1.54) is 75.9 Å². The summed E-state index contributed by atoms with van der Waals surface area (Å²) in [6.45, 7) is 2.17. The van der Waals surface area contributed by atoms with Gasteiger partial charge in [-0.05, 0) is 71.7 Å². The standard InChI is InChI=1S/C30H25NO/c1-18-12-25-23-8-4-5-9-27(23)32-30(25)26(13-18)24-17-22-16-20(14-19-6-2-3-7-19)15-21-10-11-31-29(24)28(21)22/h4-5,8-13,15-17,19H,2-3,6-7,14H2,1H3. The molecule has 2 nitrogen and oxygen atoms in total. The number of nitrogens with zero attached hydrogens (tertiary/aromatic N) is 1. The van der Waals surface area contributed by atoms with Gasteiger partial charge in [-0.2, -0.15) is 0 Å². The molecule has 0 saturated heterocycles. The first kappa shape index (κ1) is 18.2. The zero-order valence-corrected chi connectivity index (χ0v) is 18.3. The van der Waals surface area contributed by atoms with Gasteiger partial charge in [0.25, 0.3) is 0 Å². The number of benzene rings is 3. The van der Waals surface area contributed by atoms with E-state index in [1.54, 1.807) is 0 Å². The molecule has 1 saturated carbocycles. The molecule has 0 N–H and O–H groups in total. The second-order valence-corrected chi connectivity index (χ2v) is 9.64. The highest BCUT2D eigenvalue weighted by molar-refractivity contribution is 6.17. The molecule has 5 aromatic rings. The summed E-state index contributed by atoms with van der Waals surface area (Å²) in [4.78, 5) is 4.85. The van der Waals surface area contributed by atoms with Crippen molar-refractivity contribution in [3.8, 4) is 0 Å². The molecule has 156 valence electrons. The smallest absolute Gasteiger partial charge is 0.143 e. The van der Waals surface area contributed by atoms with E-state index < -0.39 is 0 Å². The largest absolute Gasteiger partial charge is 0.455 e. The maximum absolute atomic E-state index is 6.39. The summed E-state index contributed by atoms with van der Waals surface area (Å²) in [5.74, 6) is 0.845. The minimum Gasteiger partial charge on any atom is -0.455 e. The van der Waals surface area contributed by atoms with Crippen LogP contribution >= 0.6 is 0 Å². The fourth-order valence-corrected chi connectivity index (χ4v) is 6.00. The first-order chi connectivity index (χ1) is 15.7. The summed E-state index contributed by atoms with van der Waals surface area (Å²) in [5, 5.41) is 4.94. The van der Waals surface area contributed by atoms with Crippen LogP contribution in [0, 0.1) is 12.8 Å². The number of aryl methyl sites for hydroxylation is 1. The van der Waals surface area contributed by atoms with E-state index in [4.69, 9.17) is 9.40 Å². The molecule has 0 atom stereocenters. The van der Waals surface area contributed by atoms with Crippen LogP contribution in [-0.2, 0) is 6.42 Å². The molecule has 0 unspecified atom stereocenters. The van der Waals surface area contributed by atoms with Crippen molar-refractivity contribution in [2.75, 3.05) is 0 Å². The second kappa shape index (κ2) is 6.80. The van der Waals surface area contributed by atoms with Crippen molar-refractivity contribution in [1.82, 2.24) is 4.98 Å². The van der Waals surface area contributed by atoms with Gasteiger partial charge in [-0.3, -0.25) is 4.98 Å². The van der Waals surface area contributed by atoms with E-state index in [-0.39, 0.29) is 0 Å². The summed E-state index contributed by atoms with van der Waals surface area (Å²) < 4.78 is 6.39. The Balaban J connectivity index is 1.43. The normalized spacial score (nSPS) is 16.0. The minimum absolute atomic E-state index is 0.845. The number of pyridine rings is 1. The highest BCUT2D eigenvalue weighted by Crippen LogP contribution is 2.43. The third-order valence-corrected chi connectivity index (χ3v) is 7.42. The topological polar surface area (TPSA) is 26.0 Å². The Morgan fingerprint density at radius 1 is 0.969 bits per heavy atom. The molecule has 2 heterocycles. The molecule has 2 aliphatic carbocycles. The van der Waals surface area contributed by atoms with Gasteiger partial charge in [0.2, 0.25) is 0 Å². The molecule has 3 aromatic carbocycles. The lowest BCUT2D eigenvalue weighted by Gasteiger charge is -2.11. The first-order valence-electron chi connectivity index (χ1n) is 11.8. The summed E-state index contributed by atoms with van der Waals surface area (Å²) in [6, 6.07) is 19.8. The molecule has 1 fully saturated rings. The van der Waals surface area contributed by atoms with Crippen LogP contribution in [0.2, 0.25) is 0 Å². The Morgan fingerprint density at radius 3 is 2.75 bits per heavy atom. The van der Waals surface area contributed by atoms with Crippen LogP contribution in [0.15, 0.2) is 65.2 Å². The fraction of sp³-hybridized carbons (Fsp3) is 0.233. The van der Waals surface area contributed by atoms with Crippen LogP contribution in [0.4, 0.5) is 0 Å². The Morgan fingerprint density at radius 2 is 1.84 bits per heavy atom. The quantitative estimate of drug-likeness (QED) is 0.292. The molecule has 2 heteroatoms. The zero-order valence-electron chi connectivity index (χ0n) is 18.3. The predicted octanol–water partition coefficient (Wildman–Crippen LogP) is 8.08. The molecule has 0 radical (unpaired) electrons. The first-order valence-corrected chi connectivity index (χ1v) is 11.8. The van der Waals surface area contributed by atoms with Gasteiger partial charge >= 0.3 is 0 Å². The number of fused-ring (bicyclic) bond motifs is 3. The Hall–Kier alpha value is -3.39. The summed E-state index contributed by atoms with van der Waals surface area (Å²) in [6.07, 6.45) is 11.0. The molecule has 0 aliphatic heterocycles. The number of furan rings is 1. The predicted molar refractivity (Wildman–Crippen MR) is 133 cm³/mol. The van der Waals surface area contributed by atoms with Gasteiger partial charge in [-0.1, -0.05) is 56.0 Å². The molecule has 2 aliphatic rings. The van der Waals surface area contributed by atoms with Crippen LogP contribution in [-0.4, -0.2) is 4.98 Å². The summed E-state index contributed by atoms with van der Waals surface area (Å²) in [7, 11) is 0. The molecule has 0 spiro atoms. The second-order valence-electron chi connectivity index (χ2n) is 9.64.